The van der Waals surface area contributed by atoms with E-state index in [9.17, 15) is 0 Å². The number of alkyl halides is 1. The molecule has 1 fully saturated rings. The number of halogens is 3. The Morgan fingerprint density at radius 1 is 1.62 bits per heavy atom. The van der Waals surface area contributed by atoms with Crippen molar-refractivity contribution in [2.24, 2.45) is 5.92 Å². The Hall–Kier alpha value is 0.950. The van der Waals surface area contributed by atoms with Crippen LogP contribution in [0.3, 0.4) is 0 Å². The van der Waals surface area contributed by atoms with Crippen LogP contribution in [-0.2, 0) is 0 Å². The van der Waals surface area contributed by atoms with Crippen LogP contribution in [0.2, 0.25) is 4.34 Å². The monoisotopic (exact) mass is 342 g/mol. The average molecular weight is 344 g/mol. The van der Waals surface area contributed by atoms with Crippen molar-refractivity contribution >= 4 is 54.8 Å². The molecule has 0 aromatic carbocycles. The summed E-state index contributed by atoms with van der Waals surface area (Å²) < 4.78 is 1.88. The molecule has 1 aromatic rings. The lowest BCUT2D eigenvalue weighted by Gasteiger charge is -2.04. The van der Waals surface area contributed by atoms with Crippen molar-refractivity contribution in [2.75, 3.05) is 0 Å². The van der Waals surface area contributed by atoms with E-state index in [1.54, 1.807) is 11.3 Å². The molecule has 0 amide bonds. The van der Waals surface area contributed by atoms with E-state index in [0.717, 1.165) is 14.7 Å². The molecule has 2 rings (SSSR count). The fraction of sp³-hybridized carbons (Fsp3) is 0.556. The second kappa shape index (κ2) is 4.21. The molecule has 0 spiro atoms. The molecule has 0 aliphatic heterocycles. The summed E-state index contributed by atoms with van der Waals surface area (Å²) in [5.41, 5.74) is 0. The van der Waals surface area contributed by atoms with Crippen molar-refractivity contribution in [3.8, 4) is 0 Å². The number of rotatable bonds is 3. The summed E-state index contributed by atoms with van der Waals surface area (Å²) in [7, 11) is 0. The Bertz CT molecular complexity index is 287. The lowest BCUT2D eigenvalue weighted by Crippen LogP contribution is -1.86. The Labute approximate surface area is 104 Å². The minimum absolute atomic E-state index is 0.494. The molecule has 1 unspecified atom stereocenters. The lowest BCUT2D eigenvalue weighted by atomic mass is 10.2. The summed E-state index contributed by atoms with van der Waals surface area (Å²) in [6, 6.07) is 2.12. The fourth-order valence-corrected chi connectivity index (χ4v) is 3.95. The summed E-state index contributed by atoms with van der Waals surface area (Å²) >= 11 is 14.8. The molecular formula is C9H9Br2ClS. The molecule has 0 bridgehead atoms. The van der Waals surface area contributed by atoms with Gasteiger partial charge >= 0.3 is 0 Å². The first-order chi connectivity index (χ1) is 6.16. The summed E-state index contributed by atoms with van der Waals surface area (Å²) in [5.74, 6) is 0.948. The third-order valence-electron chi connectivity index (χ3n) is 2.21. The van der Waals surface area contributed by atoms with Gasteiger partial charge in [0.1, 0.15) is 4.34 Å². The van der Waals surface area contributed by atoms with Gasteiger partial charge in [-0.2, -0.15) is 0 Å². The first-order valence-electron chi connectivity index (χ1n) is 4.25. The van der Waals surface area contributed by atoms with Gasteiger partial charge < -0.3 is 0 Å². The van der Waals surface area contributed by atoms with Gasteiger partial charge in [0.2, 0.25) is 0 Å². The van der Waals surface area contributed by atoms with Crippen LogP contribution in [0.1, 0.15) is 29.0 Å². The molecule has 13 heavy (non-hydrogen) atoms. The lowest BCUT2D eigenvalue weighted by molar-refractivity contribution is 0.728. The van der Waals surface area contributed by atoms with E-state index in [0.29, 0.717) is 4.83 Å². The first-order valence-corrected chi connectivity index (χ1v) is 7.16. The van der Waals surface area contributed by atoms with Crippen LogP contribution in [0.4, 0.5) is 0 Å². The highest BCUT2D eigenvalue weighted by molar-refractivity contribution is 9.10. The normalized spacial score (nSPS) is 19.0. The van der Waals surface area contributed by atoms with E-state index in [2.05, 4.69) is 37.9 Å². The number of hydrogen-bond donors (Lipinski definition) is 0. The topological polar surface area (TPSA) is 0 Å². The Morgan fingerprint density at radius 2 is 2.31 bits per heavy atom. The smallest absolute Gasteiger partial charge is 0.107 e. The highest BCUT2D eigenvalue weighted by atomic mass is 79.9. The largest absolute Gasteiger partial charge is 0.126 e. The average Bonchev–Trinajstić information content (AvgIpc) is 2.81. The highest BCUT2D eigenvalue weighted by Crippen LogP contribution is 2.45. The maximum atomic E-state index is 5.98. The van der Waals surface area contributed by atoms with Gasteiger partial charge in [0.15, 0.2) is 0 Å². The van der Waals surface area contributed by atoms with Crippen LogP contribution in [0.15, 0.2) is 10.5 Å². The molecule has 72 valence electrons. The first kappa shape index (κ1) is 10.5. The molecule has 1 aliphatic rings. The third kappa shape index (κ3) is 2.71. The highest BCUT2D eigenvalue weighted by Gasteiger charge is 2.26. The van der Waals surface area contributed by atoms with Gasteiger partial charge in [0.05, 0.1) is 0 Å². The zero-order valence-corrected chi connectivity index (χ0v) is 11.6. The third-order valence-corrected chi connectivity index (χ3v) is 5.97. The van der Waals surface area contributed by atoms with Crippen LogP contribution in [0.5, 0.6) is 0 Å². The van der Waals surface area contributed by atoms with Crippen LogP contribution in [-0.4, -0.2) is 0 Å². The van der Waals surface area contributed by atoms with E-state index in [1.165, 1.54) is 24.1 Å². The molecule has 1 atom stereocenters. The van der Waals surface area contributed by atoms with Gasteiger partial charge in [0, 0.05) is 14.2 Å². The zero-order valence-electron chi connectivity index (χ0n) is 6.90. The quantitative estimate of drug-likeness (QED) is 0.644. The van der Waals surface area contributed by atoms with E-state index >= 15 is 0 Å². The molecule has 1 aliphatic carbocycles. The standard InChI is InChI=1S/C9H9Br2ClS/c10-6(3-5-1-2-5)8-4-7(11)9(12)13-8/h4-6H,1-3H2. The van der Waals surface area contributed by atoms with E-state index in [4.69, 9.17) is 11.6 Å². The predicted octanol–water partition coefficient (Wildman–Crippen LogP) is 5.40. The molecule has 1 heterocycles. The maximum Gasteiger partial charge on any atom is 0.107 e. The molecule has 4 heteroatoms. The molecule has 0 N–H and O–H groups in total. The maximum absolute atomic E-state index is 5.98. The summed E-state index contributed by atoms with van der Waals surface area (Å²) in [6.45, 7) is 0. The molecule has 0 radical (unpaired) electrons. The van der Waals surface area contributed by atoms with Crippen LogP contribution in [0, 0.1) is 5.92 Å². The van der Waals surface area contributed by atoms with Gasteiger partial charge in [-0.1, -0.05) is 40.4 Å². The van der Waals surface area contributed by atoms with Crippen LogP contribution in [0.25, 0.3) is 0 Å². The summed E-state index contributed by atoms with van der Waals surface area (Å²) in [6.07, 6.45) is 4.06. The Balaban J connectivity index is 2.05. The Kier molecular flexibility index (Phi) is 3.39. The van der Waals surface area contributed by atoms with Crippen molar-refractivity contribution in [1.82, 2.24) is 0 Å². The second-order valence-electron chi connectivity index (χ2n) is 3.42. The van der Waals surface area contributed by atoms with Crippen molar-refractivity contribution in [3.63, 3.8) is 0 Å². The van der Waals surface area contributed by atoms with E-state index < -0.39 is 0 Å². The molecule has 1 aromatic heterocycles. The molecule has 0 nitrogen and oxygen atoms in total. The minimum Gasteiger partial charge on any atom is -0.126 e. The van der Waals surface area contributed by atoms with Gasteiger partial charge in [-0.25, -0.2) is 0 Å². The summed E-state index contributed by atoms with van der Waals surface area (Å²) in [4.78, 5) is 1.83. The second-order valence-corrected chi connectivity index (χ2v) is 7.06. The van der Waals surface area contributed by atoms with Crippen LogP contribution >= 0.6 is 54.8 Å². The van der Waals surface area contributed by atoms with Gasteiger partial charge in [0.25, 0.3) is 0 Å². The predicted molar refractivity (Wildman–Crippen MR) is 66.0 cm³/mol. The van der Waals surface area contributed by atoms with Gasteiger partial charge in [-0.05, 0) is 34.3 Å². The Morgan fingerprint density at radius 3 is 2.77 bits per heavy atom. The van der Waals surface area contributed by atoms with Crippen molar-refractivity contribution in [1.29, 1.82) is 0 Å². The van der Waals surface area contributed by atoms with Crippen molar-refractivity contribution in [3.05, 3.63) is 19.8 Å². The van der Waals surface area contributed by atoms with Gasteiger partial charge in [-0.15, -0.1) is 11.3 Å². The van der Waals surface area contributed by atoms with E-state index in [-0.39, 0.29) is 0 Å². The number of hydrogen-bond acceptors (Lipinski definition) is 1. The fourth-order valence-electron chi connectivity index (χ4n) is 1.28. The zero-order chi connectivity index (χ0) is 9.42. The molecular weight excluding hydrogens is 335 g/mol. The van der Waals surface area contributed by atoms with Gasteiger partial charge in [-0.3, -0.25) is 0 Å². The van der Waals surface area contributed by atoms with Crippen LogP contribution < -0.4 is 0 Å². The van der Waals surface area contributed by atoms with Crippen molar-refractivity contribution in [2.45, 2.75) is 24.1 Å². The minimum atomic E-state index is 0.494. The van der Waals surface area contributed by atoms with Crippen molar-refractivity contribution < 1.29 is 0 Å². The SMILES string of the molecule is Clc1sc(C(Br)CC2CC2)cc1Br. The summed E-state index contributed by atoms with van der Waals surface area (Å²) in [5, 5.41) is 0. The molecule has 0 saturated heterocycles. The number of thiophene rings is 1. The van der Waals surface area contributed by atoms with E-state index in [1.807, 2.05) is 0 Å². The molecule has 1 saturated carbocycles.